The van der Waals surface area contributed by atoms with Crippen LogP contribution in [0.4, 0.5) is 28.8 Å². The number of anilines is 5. The van der Waals surface area contributed by atoms with Crippen molar-refractivity contribution in [3.05, 3.63) is 59.7 Å². The van der Waals surface area contributed by atoms with Crippen LogP contribution in [0, 0.1) is 5.92 Å². The molecule has 2 saturated heterocycles. The van der Waals surface area contributed by atoms with Gasteiger partial charge in [0.15, 0.2) is 0 Å². The normalized spacial score (nSPS) is 15.6. The van der Waals surface area contributed by atoms with Crippen molar-refractivity contribution in [1.29, 1.82) is 0 Å². The van der Waals surface area contributed by atoms with E-state index in [2.05, 4.69) is 51.5 Å². The summed E-state index contributed by atoms with van der Waals surface area (Å²) in [5.41, 5.74) is 5.41. The molecule has 16 heteroatoms. The number of rotatable bonds is 9. The second kappa shape index (κ2) is 14.6. The molecule has 2 aliphatic rings. The molecule has 2 aliphatic heterocycles. The predicted molar refractivity (Wildman–Crippen MR) is 202 cm³/mol. The molecule has 0 saturated carbocycles. The van der Waals surface area contributed by atoms with Gasteiger partial charge in [0, 0.05) is 100 Å². The molecule has 5 aromatic rings. The van der Waals surface area contributed by atoms with Crippen LogP contribution in [0.5, 0.6) is 5.75 Å². The van der Waals surface area contributed by atoms with Crippen LogP contribution in [-0.4, -0.2) is 100 Å². The van der Waals surface area contributed by atoms with E-state index in [1.807, 2.05) is 48.6 Å². The summed E-state index contributed by atoms with van der Waals surface area (Å²) in [6, 6.07) is 7.72. The summed E-state index contributed by atoms with van der Waals surface area (Å²) in [5, 5.41) is 11.8. The fourth-order valence-electron chi connectivity index (χ4n) is 6.69. The zero-order valence-corrected chi connectivity index (χ0v) is 31.4. The molecule has 2 aromatic carbocycles. The van der Waals surface area contributed by atoms with Crippen molar-refractivity contribution < 1.29 is 18.8 Å². The summed E-state index contributed by atoms with van der Waals surface area (Å²) in [6.45, 7) is 7.39. The van der Waals surface area contributed by atoms with Crippen LogP contribution in [0.1, 0.15) is 12.8 Å². The molecule has 0 spiro atoms. The zero-order valence-electron chi connectivity index (χ0n) is 29.0. The topological polar surface area (TPSA) is 153 Å². The van der Waals surface area contributed by atoms with E-state index >= 15 is 0 Å². The largest absolute Gasteiger partial charge is 0.494 e. The summed E-state index contributed by atoms with van der Waals surface area (Å²) >= 11 is 3.58. The fraction of sp³-hybridized carbons (Fsp3) is 0.371. The number of benzene rings is 2. The highest BCUT2D eigenvalue weighted by Gasteiger charge is 2.30. The summed E-state index contributed by atoms with van der Waals surface area (Å²) in [5.74, 6) is 1.67. The number of ether oxygens (including phenoxy) is 2. The number of carbonyl (C=O) groups excluding carboxylic acids is 1. The number of hydrogen-bond acceptors (Lipinski definition) is 12. The first-order chi connectivity index (χ1) is 24.6. The van der Waals surface area contributed by atoms with E-state index in [0.717, 1.165) is 29.7 Å². The van der Waals surface area contributed by atoms with Gasteiger partial charge in [0.25, 0.3) is 0 Å². The van der Waals surface area contributed by atoms with Gasteiger partial charge in [0.05, 0.1) is 40.0 Å². The van der Waals surface area contributed by atoms with E-state index in [0.29, 0.717) is 89.1 Å². The lowest BCUT2D eigenvalue weighted by molar-refractivity contribution is -0.138. The molecule has 1 amide bonds. The lowest BCUT2D eigenvalue weighted by Gasteiger charge is -2.39. The molecule has 0 aliphatic carbocycles. The summed E-state index contributed by atoms with van der Waals surface area (Å²) < 4.78 is 27.3. The number of nitrogens with one attached hydrogen (secondary N) is 2. The monoisotopic (exact) mass is 774 g/mol. The minimum Gasteiger partial charge on any atom is -0.494 e. The summed E-state index contributed by atoms with van der Waals surface area (Å²) in [7, 11) is 0.734. The average Bonchev–Trinajstić information content (AvgIpc) is 3.58. The first-order valence-electron chi connectivity index (χ1n) is 16.8. The van der Waals surface area contributed by atoms with Gasteiger partial charge in [-0.3, -0.25) is 19.4 Å². The number of fused-ring (bicyclic) bond motifs is 1. The fourth-order valence-corrected chi connectivity index (χ4v) is 8.37. The van der Waals surface area contributed by atoms with Crippen LogP contribution in [0.25, 0.3) is 22.2 Å². The third-order valence-electron chi connectivity index (χ3n) is 9.23. The van der Waals surface area contributed by atoms with Crippen LogP contribution in [0.3, 0.4) is 0 Å². The zero-order chi connectivity index (χ0) is 35.7. The first kappa shape index (κ1) is 34.8. The minimum absolute atomic E-state index is 0.0437. The Morgan fingerprint density at radius 3 is 2.47 bits per heavy atom. The van der Waals surface area contributed by atoms with Crippen molar-refractivity contribution in [2.75, 3.05) is 75.4 Å². The Labute approximate surface area is 304 Å². The van der Waals surface area contributed by atoms with Gasteiger partial charge in [-0.25, -0.2) is 4.98 Å². The van der Waals surface area contributed by atoms with Crippen LogP contribution in [0.15, 0.2) is 59.7 Å². The maximum atomic E-state index is 13.5. The minimum atomic E-state index is -2.79. The Balaban J connectivity index is 1.18. The molecule has 5 heterocycles. The molecule has 7 rings (SSSR count). The van der Waals surface area contributed by atoms with Crippen molar-refractivity contribution in [3.63, 3.8) is 0 Å². The van der Waals surface area contributed by atoms with E-state index < -0.39 is 7.14 Å². The van der Waals surface area contributed by atoms with Crippen molar-refractivity contribution in [2.45, 2.75) is 12.8 Å². The highest BCUT2D eigenvalue weighted by molar-refractivity contribution is 9.10. The Kier molecular flexibility index (Phi) is 9.95. The smallest absolute Gasteiger partial charge is 0.229 e. The Hall–Kier alpha value is -4.59. The van der Waals surface area contributed by atoms with Crippen LogP contribution < -0.4 is 25.6 Å². The predicted octanol–water partition coefficient (Wildman–Crippen LogP) is 5.40. The molecule has 0 bridgehead atoms. The van der Waals surface area contributed by atoms with Gasteiger partial charge in [-0.15, -0.1) is 0 Å². The SMILES string of the molecule is COc1cc(N2CCN(C(=O)C3CCOCC3)CC2)c(-c2cnn(C)c2)cc1Nc1ncc(Br)c(Nc2ccc3nccnc3c2P(C)(C)=O)n1. The van der Waals surface area contributed by atoms with Crippen LogP contribution >= 0.6 is 23.1 Å². The van der Waals surface area contributed by atoms with Crippen molar-refractivity contribution >= 4 is 74.1 Å². The number of piperazine rings is 1. The molecule has 0 unspecified atom stereocenters. The molecule has 2 N–H and O–H groups in total. The average molecular weight is 776 g/mol. The number of hydrogen-bond donors (Lipinski definition) is 2. The number of amides is 1. The number of halogens is 1. The second-order valence-electron chi connectivity index (χ2n) is 13.0. The van der Waals surface area contributed by atoms with Crippen LogP contribution in [0.2, 0.25) is 0 Å². The second-order valence-corrected chi connectivity index (χ2v) is 17.1. The molecule has 0 radical (unpaired) electrons. The quantitative estimate of drug-likeness (QED) is 0.185. The molecule has 14 nitrogen and oxygen atoms in total. The van der Waals surface area contributed by atoms with Gasteiger partial charge in [0.1, 0.15) is 24.2 Å². The van der Waals surface area contributed by atoms with Crippen molar-refractivity contribution in [3.8, 4) is 16.9 Å². The molecular weight excluding hydrogens is 735 g/mol. The number of aryl methyl sites for hydroxylation is 1. The van der Waals surface area contributed by atoms with E-state index in [9.17, 15) is 9.36 Å². The van der Waals surface area contributed by atoms with Gasteiger partial charge in [0.2, 0.25) is 11.9 Å². The Bertz CT molecular complexity index is 2130. The third kappa shape index (κ3) is 7.42. The van der Waals surface area contributed by atoms with Crippen molar-refractivity contribution in [2.24, 2.45) is 13.0 Å². The molecular formula is C35H40BrN10O4P. The van der Waals surface area contributed by atoms with Gasteiger partial charge in [-0.2, -0.15) is 10.1 Å². The summed E-state index contributed by atoms with van der Waals surface area (Å²) in [6.07, 6.45) is 10.3. The van der Waals surface area contributed by atoms with E-state index in [1.165, 1.54) is 0 Å². The first-order valence-corrected chi connectivity index (χ1v) is 20.2. The van der Waals surface area contributed by atoms with Gasteiger partial charge in [-0.05, 0) is 60.3 Å². The molecule has 3 aromatic heterocycles. The van der Waals surface area contributed by atoms with E-state index in [1.54, 1.807) is 43.7 Å². The molecule has 2 fully saturated rings. The Morgan fingerprint density at radius 2 is 1.76 bits per heavy atom. The number of carbonyl (C=O) groups is 1. The van der Waals surface area contributed by atoms with E-state index in [4.69, 9.17) is 14.5 Å². The Morgan fingerprint density at radius 1 is 1.00 bits per heavy atom. The summed E-state index contributed by atoms with van der Waals surface area (Å²) in [4.78, 5) is 35.8. The lowest BCUT2D eigenvalue weighted by atomic mass is 9.98. The lowest BCUT2D eigenvalue weighted by Crippen LogP contribution is -2.51. The highest BCUT2D eigenvalue weighted by Crippen LogP contribution is 2.43. The maximum absolute atomic E-state index is 13.5. The number of aromatic nitrogens is 6. The van der Waals surface area contributed by atoms with Crippen molar-refractivity contribution in [1.82, 2.24) is 34.6 Å². The van der Waals surface area contributed by atoms with E-state index in [-0.39, 0.29) is 11.8 Å². The van der Waals surface area contributed by atoms with Crippen LogP contribution in [-0.2, 0) is 21.1 Å². The highest BCUT2D eigenvalue weighted by atomic mass is 79.9. The maximum Gasteiger partial charge on any atom is 0.229 e. The third-order valence-corrected chi connectivity index (χ3v) is 11.3. The standard InChI is InChI=1S/C35H40BrN10O4P/c1-44-21-23(19-40-44)24-17-28(30(49-2)18-29(24)45-11-13-46(14-12-45)34(47)22-7-15-50-16-8-22)42-35-39-20-25(36)33(43-35)41-27-6-5-26-31(38-10-9-37-26)32(27)51(3,4)48/h5-6,9-10,17-22H,7-8,11-16H2,1-4H3,(H2,39,41,42,43). The van der Waals surface area contributed by atoms with Gasteiger partial charge >= 0.3 is 0 Å². The number of methoxy groups -OCH3 is 1. The van der Waals surface area contributed by atoms with Gasteiger partial charge < -0.3 is 34.5 Å². The molecule has 0 atom stereocenters. The molecule has 266 valence electrons. The molecule has 51 heavy (non-hydrogen) atoms. The number of nitrogens with zero attached hydrogens (tertiary/aromatic N) is 8. The van der Waals surface area contributed by atoms with Gasteiger partial charge in [-0.1, -0.05) is 0 Å².